The number of carbonyl (C=O) groups excluding carboxylic acids is 2. The maximum Gasteiger partial charge on any atom is 0.338 e. The number of hydrogen-bond donors (Lipinski definition) is 1. The zero-order valence-corrected chi connectivity index (χ0v) is 16.4. The van der Waals surface area contributed by atoms with Gasteiger partial charge in [0.25, 0.3) is 5.91 Å². The Balaban J connectivity index is 1.52. The van der Waals surface area contributed by atoms with Crippen molar-refractivity contribution in [3.63, 3.8) is 0 Å². The van der Waals surface area contributed by atoms with Crippen molar-refractivity contribution in [2.45, 2.75) is 18.9 Å². The van der Waals surface area contributed by atoms with Crippen molar-refractivity contribution >= 4 is 11.9 Å². The lowest BCUT2D eigenvalue weighted by molar-refractivity contribution is -0.125. The average molecular weight is 395 g/mol. The fourth-order valence-corrected chi connectivity index (χ4v) is 2.99. The Labute approximate surface area is 170 Å². The van der Waals surface area contributed by atoms with Crippen LogP contribution in [0.25, 0.3) is 0 Å². The van der Waals surface area contributed by atoms with Crippen LogP contribution in [0.15, 0.2) is 61.2 Å². The molecule has 0 spiro atoms. The van der Waals surface area contributed by atoms with Crippen LogP contribution in [0, 0.1) is 5.92 Å². The van der Waals surface area contributed by atoms with Crippen molar-refractivity contribution in [1.29, 1.82) is 0 Å². The van der Waals surface area contributed by atoms with Crippen LogP contribution in [0.1, 0.15) is 34.8 Å². The van der Waals surface area contributed by atoms with Crippen LogP contribution in [0.4, 0.5) is 0 Å². The van der Waals surface area contributed by atoms with E-state index < -0.39 is 5.97 Å². The van der Waals surface area contributed by atoms with Gasteiger partial charge < -0.3 is 19.5 Å². The number of hydrogen-bond acceptors (Lipinski definition) is 5. The molecule has 6 nitrogen and oxygen atoms in total. The van der Waals surface area contributed by atoms with E-state index in [1.165, 1.54) is 0 Å². The fraction of sp³-hybridized carbons (Fsp3) is 0.304. The van der Waals surface area contributed by atoms with Gasteiger partial charge in [-0.05, 0) is 60.7 Å². The Bertz CT molecular complexity index is 841. The Morgan fingerprint density at radius 1 is 1.10 bits per heavy atom. The molecule has 2 aromatic carbocycles. The molecule has 3 rings (SSSR count). The van der Waals surface area contributed by atoms with Gasteiger partial charge in [-0.2, -0.15) is 0 Å². The first kappa shape index (κ1) is 20.5. The van der Waals surface area contributed by atoms with E-state index in [-0.39, 0.29) is 18.6 Å². The lowest BCUT2D eigenvalue weighted by Gasteiger charge is -2.19. The molecule has 29 heavy (non-hydrogen) atoms. The van der Waals surface area contributed by atoms with Crippen molar-refractivity contribution in [2.75, 3.05) is 20.3 Å². The lowest BCUT2D eigenvalue weighted by Crippen LogP contribution is -2.33. The summed E-state index contributed by atoms with van der Waals surface area (Å²) >= 11 is 0. The Morgan fingerprint density at radius 3 is 2.34 bits per heavy atom. The molecule has 1 N–H and O–H groups in total. The third-order valence-electron chi connectivity index (χ3n) is 4.68. The van der Waals surface area contributed by atoms with E-state index in [1.807, 2.05) is 24.3 Å². The minimum atomic E-state index is -0.553. The highest BCUT2D eigenvalue weighted by Gasteiger charge is 2.33. The SMILES string of the molecule is C=CCOc1ccc(C(=O)OCC(=O)NC(c2ccc(OC)cc2)C2CC2)cc1. The molecule has 6 heteroatoms. The summed E-state index contributed by atoms with van der Waals surface area (Å²) in [6, 6.07) is 14.1. The molecule has 0 radical (unpaired) electrons. The van der Waals surface area contributed by atoms with Crippen molar-refractivity contribution in [3.8, 4) is 11.5 Å². The molecule has 1 saturated carbocycles. The van der Waals surface area contributed by atoms with E-state index in [4.69, 9.17) is 14.2 Å². The van der Waals surface area contributed by atoms with Crippen LogP contribution in [0.3, 0.4) is 0 Å². The zero-order valence-electron chi connectivity index (χ0n) is 16.4. The minimum Gasteiger partial charge on any atom is -0.497 e. The number of nitrogens with one attached hydrogen (secondary N) is 1. The van der Waals surface area contributed by atoms with E-state index in [2.05, 4.69) is 11.9 Å². The summed E-state index contributed by atoms with van der Waals surface area (Å²) in [5.41, 5.74) is 1.38. The van der Waals surface area contributed by atoms with Gasteiger partial charge in [0.2, 0.25) is 0 Å². The minimum absolute atomic E-state index is 0.0894. The summed E-state index contributed by atoms with van der Waals surface area (Å²) in [5, 5.41) is 2.99. The summed E-state index contributed by atoms with van der Waals surface area (Å²) in [5.74, 6) is 0.932. The summed E-state index contributed by atoms with van der Waals surface area (Å²) in [6.07, 6.45) is 3.77. The monoisotopic (exact) mass is 395 g/mol. The highest BCUT2D eigenvalue weighted by molar-refractivity contribution is 5.91. The van der Waals surface area contributed by atoms with E-state index in [0.717, 1.165) is 24.2 Å². The van der Waals surface area contributed by atoms with Crippen LogP contribution >= 0.6 is 0 Å². The van der Waals surface area contributed by atoms with Gasteiger partial charge in [0, 0.05) is 0 Å². The smallest absolute Gasteiger partial charge is 0.338 e. The molecule has 1 fully saturated rings. The van der Waals surface area contributed by atoms with Gasteiger partial charge in [-0.1, -0.05) is 24.8 Å². The quantitative estimate of drug-likeness (QED) is 0.491. The first-order chi connectivity index (χ1) is 14.1. The molecule has 0 heterocycles. The van der Waals surface area contributed by atoms with Gasteiger partial charge in [-0.25, -0.2) is 4.79 Å². The predicted molar refractivity (Wildman–Crippen MR) is 109 cm³/mol. The molecule has 2 aromatic rings. The van der Waals surface area contributed by atoms with Gasteiger partial charge in [-0.15, -0.1) is 0 Å². The molecule has 152 valence electrons. The third-order valence-corrected chi connectivity index (χ3v) is 4.68. The molecule has 0 aliphatic heterocycles. The molecule has 1 aliphatic carbocycles. The van der Waals surface area contributed by atoms with Gasteiger partial charge in [-0.3, -0.25) is 4.79 Å². The van der Waals surface area contributed by atoms with Crippen LogP contribution in [0.2, 0.25) is 0 Å². The van der Waals surface area contributed by atoms with Crippen LogP contribution in [-0.4, -0.2) is 32.2 Å². The van der Waals surface area contributed by atoms with E-state index >= 15 is 0 Å². The van der Waals surface area contributed by atoms with Crippen molar-refractivity contribution in [1.82, 2.24) is 5.32 Å². The summed E-state index contributed by atoms with van der Waals surface area (Å²) in [4.78, 5) is 24.5. The van der Waals surface area contributed by atoms with Gasteiger partial charge in [0.05, 0.1) is 18.7 Å². The average Bonchev–Trinajstić information content (AvgIpc) is 3.60. The standard InChI is InChI=1S/C23H25NO5/c1-3-14-28-20-12-8-18(9-13-20)23(26)29-15-21(25)24-22(16-4-5-16)17-6-10-19(27-2)11-7-17/h3,6-13,16,22H,1,4-5,14-15H2,2H3,(H,24,25). The Kier molecular flexibility index (Phi) is 6.89. The van der Waals surface area contributed by atoms with E-state index in [9.17, 15) is 9.59 Å². The maximum absolute atomic E-state index is 12.3. The van der Waals surface area contributed by atoms with Gasteiger partial charge in [0.1, 0.15) is 18.1 Å². The van der Waals surface area contributed by atoms with Crippen LogP contribution < -0.4 is 14.8 Å². The lowest BCUT2D eigenvalue weighted by atomic mass is 10.0. The second kappa shape index (κ2) is 9.78. The van der Waals surface area contributed by atoms with Gasteiger partial charge in [0.15, 0.2) is 6.61 Å². The second-order valence-electron chi connectivity index (χ2n) is 6.86. The first-order valence-electron chi connectivity index (χ1n) is 9.55. The van der Waals surface area contributed by atoms with Crippen molar-refractivity contribution in [3.05, 3.63) is 72.3 Å². The topological polar surface area (TPSA) is 73.9 Å². The van der Waals surface area contributed by atoms with Gasteiger partial charge >= 0.3 is 5.97 Å². The molecule has 0 saturated heterocycles. The molecular weight excluding hydrogens is 370 g/mol. The zero-order chi connectivity index (χ0) is 20.6. The van der Waals surface area contributed by atoms with Crippen LogP contribution in [-0.2, 0) is 9.53 Å². The summed E-state index contributed by atoms with van der Waals surface area (Å²) in [6.45, 7) is 3.64. The van der Waals surface area contributed by atoms with E-state index in [1.54, 1.807) is 37.5 Å². The molecule has 1 aliphatic rings. The molecule has 1 unspecified atom stereocenters. The molecular formula is C23H25NO5. The number of amides is 1. The van der Waals surface area contributed by atoms with E-state index in [0.29, 0.717) is 23.8 Å². The molecule has 1 amide bonds. The number of rotatable bonds is 10. The summed E-state index contributed by atoms with van der Waals surface area (Å²) in [7, 11) is 1.62. The van der Waals surface area contributed by atoms with Crippen molar-refractivity contribution in [2.24, 2.45) is 5.92 Å². The number of carbonyl (C=O) groups is 2. The maximum atomic E-state index is 12.3. The first-order valence-corrected chi connectivity index (χ1v) is 9.55. The van der Waals surface area contributed by atoms with Crippen LogP contribution in [0.5, 0.6) is 11.5 Å². The number of esters is 1. The number of methoxy groups -OCH3 is 1. The Morgan fingerprint density at radius 2 is 1.76 bits per heavy atom. The predicted octanol–water partition coefficient (Wildman–Crippen LogP) is 3.68. The van der Waals surface area contributed by atoms with Crippen molar-refractivity contribution < 1.29 is 23.8 Å². The number of ether oxygens (including phenoxy) is 3. The highest BCUT2D eigenvalue weighted by atomic mass is 16.5. The highest BCUT2D eigenvalue weighted by Crippen LogP contribution is 2.41. The molecule has 1 atom stereocenters. The number of benzene rings is 2. The summed E-state index contributed by atoms with van der Waals surface area (Å²) < 4.78 is 15.7. The Hall–Kier alpha value is -3.28. The fourth-order valence-electron chi connectivity index (χ4n) is 2.99. The molecule has 0 aromatic heterocycles. The third kappa shape index (κ3) is 5.85. The molecule has 0 bridgehead atoms. The second-order valence-corrected chi connectivity index (χ2v) is 6.86. The normalized spacial score (nSPS) is 13.8. The largest absolute Gasteiger partial charge is 0.497 e.